The summed E-state index contributed by atoms with van der Waals surface area (Å²) in [5, 5.41) is 22.8. The normalized spacial score (nSPS) is 17.6. The number of benzene rings is 2. The van der Waals surface area contributed by atoms with Gasteiger partial charge in [-0.05, 0) is 111 Å². The molecule has 5 amide bonds. The van der Waals surface area contributed by atoms with Crippen LogP contribution in [0.1, 0.15) is 108 Å². The van der Waals surface area contributed by atoms with Gasteiger partial charge in [0.2, 0.25) is 23.7 Å². The van der Waals surface area contributed by atoms with E-state index in [1.54, 1.807) is 17.5 Å². The maximum absolute atomic E-state index is 14.1. The molecule has 3 aliphatic rings. The molecule has 6 heterocycles. The Hall–Kier alpha value is -7.10. The number of aromatic nitrogens is 5. The van der Waals surface area contributed by atoms with E-state index in [2.05, 4.69) is 51.1 Å². The Balaban J connectivity index is 0.683. The topological polar surface area (TPSA) is 243 Å². The van der Waals surface area contributed by atoms with E-state index in [0.717, 1.165) is 107 Å². The fraction of sp³-hybridized carbons (Fsp3) is 0.474. The highest BCUT2D eigenvalue weighted by atomic mass is 32.1. The highest BCUT2D eigenvalue weighted by Gasteiger charge is 2.44. The minimum atomic E-state index is -1.01. The Morgan fingerprint density at radius 2 is 1.58 bits per heavy atom. The quantitative estimate of drug-likeness (QED) is 0.0540. The van der Waals surface area contributed by atoms with Crippen LogP contribution in [0, 0.1) is 25.2 Å². The highest BCUT2D eigenvalue weighted by Crippen LogP contribution is 2.34. The van der Waals surface area contributed by atoms with Crippen molar-refractivity contribution in [2.75, 3.05) is 41.8 Å². The third kappa shape index (κ3) is 14.3. The van der Waals surface area contributed by atoms with Crippen LogP contribution >= 0.6 is 22.7 Å². The first-order valence-electron chi connectivity index (χ1n) is 26.9. The molecule has 2 aromatic carbocycles. The van der Waals surface area contributed by atoms with Gasteiger partial charge in [0.1, 0.15) is 18.2 Å². The second-order valence-corrected chi connectivity index (χ2v) is 23.6. The first kappa shape index (κ1) is 55.6. The lowest BCUT2D eigenvalue weighted by atomic mass is 9.85. The number of aliphatic hydroxyl groups excluding tert-OH is 1. The molecule has 6 aromatic rings. The summed E-state index contributed by atoms with van der Waals surface area (Å²) in [5.74, 6) is -0.147. The van der Waals surface area contributed by atoms with Gasteiger partial charge in [0.05, 0.1) is 56.2 Å². The number of pyridine rings is 1. The van der Waals surface area contributed by atoms with E-state index in [-0.39, 0.29) is 37.4 Å². The van der Waals surface area contributed by atoms with Crippen molar-refractivity contribution in [1.29, 1.82) is 0 Å². The number of rotatable bonds is 18. The minimum absolute atomic E-state index is 0.0346. The van der Waals surface area contributed by atoms with Gasteiger partial charge in [-0.2, -0.15) is 0 Å². The maximum Gasteiger partial charge on any atom is 0.411 e. The molecule has 2 saturated heterocycles. The van der Waals surface area contributed by atoms with E-state index < -0.39 is 48.1 Å². The van der Waals surface area contributed by atoms with Crippen molar-refractivity contribution in [1.82, 2.24) is 40.5 Å². The number of hydrogen-bond acceptors (Lipinski definition) is 16. The van der Waals surface area contributed by atoms with Crippen LogP contribution in [0.3, 0.4) is 0 Å². The van der Waals surface area contributed by atoms with E-state index in [0.29, 0.717) is 40.5 Å². The molecule has 4 aromatic heterocycles. The maximum atomic E-state index is 14.1. The van der Waals surface area contributed by atoms with Crippen molar-refractivity contribution in [2.24, 2.45) is 11.3 Å². The first-order valence-corrected chi connectivity index (χ1v) is 28.6. The molecule has 1 saturated carbocycles. The van der Waals surface area contributed by atoms with E-state index >= 15 is 0 Å². The van der Waals surface area contributed by atoms with Crippen molar-refractivity contribution in [3.63, 3.8) is 0 Å². The number of amides is 5. The summed E-state index contributed by atoms with van der Waals surface area (Å²) in [5.41, 5.74) is 7.81. The average Bonchev–Trinajstić information content (AvgIpc) is 4.18. The molecule has 78 heavy (non-hydrogen) atoms. The van der Waals surface area contributed by atoms with E-state index in [1.165, 1.54) is 35.1 Å². The van der Waals surface area contributed by atoms with Crippen LogP contribution in [0.2, 0.25) is 0 Å². The van der Waals surface area contributed by atoms with Crippen LogP contribution in [0.4, 0.5) is 21.6 Å². The van der Waals surface area contributed by atoms with Crippen LogP contribution in [0.25, 0.3) is 31.8 Å². The SMILES string of the molecule is Cc1ncc(-c2ccc3nc(NC(=O)CCCC4CCN(c5ncc(OCC(=O)N[C@H](C(=O)N6C[C@H](O)C[C@H]6C(=O)NCc6ccc(-c7scnc7C)cc6)C(C)(C)C)cn5)CC4)sc3c2)cc1NC(=O)OC1CCCCC1. The van der Waals surface area contributed by atoms with Crippen LogP contribution in [0.5, 0.6) is 5.75 Å². The van der Waals surface area contributed by atoms with Crippen LogP contribution in [0.15, 0.2) is 72.6 Å². The third-order valence-electron chi connectivity index (χ3n) is 14.7. The number of nitrogens with one attached hydrogen (secondary N) is 4. The zero-order valence-corrected chi connectivity index (χ0v) is 46.5. The predicted octanol–water partition coefficient (Wildman–Crippen LogP) is 8.98. The number of anilines is 3. The molecule has 0 radical (unpaired) electrons. The second-order valence-electron chi connectivity index (χ2n) is 21.7. The monoisotopic (exact) mass is 1100 g/mol. The molecule has 0 bridgehead atoms. The Morgan fingerprint density at radius 1 is 0.833 bits per heavy atom. The Bertz CT molecular complexity index is 3070. The number of fused-ring (bicyclic) bond motifs is 1. The lowest BCUT2D eigenvalue weighted by molar-refractivity contribution is -0.144. The Labute approximate surface area is 462 Å². The van der Waals surface area contributed by atoms with Gasteiger partial charge < -0.3 is 40.3 Å². The van der Waals surface area contributed by atoms with Crippen LogP contribution in [-0.4, -0.2) is 115 Å². The van der Waals surface area contributed by atoms with E-state index in [4.69, 9.17) is 9.47 Å². The zero-order valence-electron chi connectivity index (χ0n) is 44.9. The number of likely N-dealkylation sites (tertiary alicyclic amines) is 1. The predicted molar refractivity (Wildman–Crippen MR) is 301 cm³/mol. The smallest absolute Gasteiger partial charge is 0.411 e. The van der Waals surface area contributed by atoms with Crippen LogP contribution in [-0.2, 0) is 30.5 Å². The molecule has 19 nitrogen and oxygen atoms in total. The van der Waals surface area contributed by atoms with Crippen LogP contribution < -0.4 is 30.9 Å². The van der Waals surface area contributed by atoms with Gasteiger partial charge in [0, 0.05) is 50.8 Å². The van der Waals surface area contributed by atoms with Gasteiger partial charge >= 0.3 is 6.09 Å². The average molecular weight is 1100 g/mol. The number of piperidine rings is 1. The lowest BCUT2D eigenvalue weighted by Gasteiger charge is -2.35. The standard InChI is InChI=1S/C57H69N11O8S2/c1-34-45(64-56(74)76-42-11-7-6-8-12-42)24-40(28-58-34)39-18-19-44-47(25-39)78-55(63-44)66-48(70)13-9-10-36-20-22-67(23-21-36)54-60-29-43(30-61-54)75-32-49(71)65-51(57(3,4)5)53(73)68-31-41(69)26-46(68)52(72)59-27-37-14-16-38(17-15-37)50-35(2)62-33-77-50/h14-19,24-25,28-30,33,36,41-42,46,51,69H,6-13,20-23,26-27,31-32H2,1-5H3,(H,59,72)(H,64,74)(H,65,71)(H,63,66,70)/t41-,46+,51-/m1/s1. The Morgan fingerprint density at radius 3 is 2.29 bits per heavy atom. The van der Waals surface area contributed by atoms with Crippen molar-refractivity contribution in [2.45, 2.75) is 136 Å². The molecule has 21 heteroatoms. The van der Waals surface area contributed by atoms with E-state index in [1.807, 2.05) is 88.7 Å². The summed E-state index contributed by atoms with van der Waals surface area (Å²) in [7, 11) is 0. The number of nitrogens with zero attached hydrogens (tertiary/aromatic N) is 7. The first-order chi connectivity index (χ1) is 37.5. The third-order valence-corrected chi connectivity index (χ3v) is 16.6. The van der Waals surface area contributed by atoms with Gasteiger partial charge in [-0.15, -0.1) is 11.3 Å². The number of β-amino-alcohol motifs (C(OH)–C–C–N with tert-alkyl or cyclic N) is 1. The number of hydrogen-bond donors (Lipinski definition) is 5. The highest BCUT2D eigenvalue weighted by molar-refractivity contribution is 7.22. The lowest BCUT2D eigenvalue weighted by Crippen LogP contribution is -2.58. The second kappa shape index (κ2) is 25.1. The number of thiazole rings is 2. The summed E-state index contributed by atoms with van der Waals surface area (Å²) in [4.78, 5) is 93.8. The largest absolute Gasteiger partial charge is 0.481 e. The van der Waals surface area contributed by atoms with E-state index in [9.17, 15) is 29.1 Å². The zero-order chi connectivity index (χ0) is 54.9. The van der Waals surface area contributed by atoms with Gasteiger partial charge in [0.15, 0.2) is 17.5 Å². The molecule has 1 aliphatic carbocycles. The molecule has 3 atom stereocenters. The summed E-state index contributed by atoms with van der Waals surface area (Å²) in [6.45, 7) is 10.6. The summed E-state index contributed by atoms with van der Waals surface area (Å²) < 4.78 is 12.4. The number of carbonyl (C=O) groups excluding carboxylic acids is 5. The molecule has 412 valence electrons. The molecule has 0 spiro atoms. The number of aliphatic hydroxyl groups is 1. The fourth-order valence-corrected chi connectivity index (χ4v) is 12.0. The number of carbonyl (C=O) groups is 5. The van der Waals surface area contributed by atoms with Gasteiger partial charge in [-0.1, -0.05) is 68.9 Å². The van der Waals surface area contributed by atoms with Crippen molar-refractivity contribution in [3.05, 3.63) is 89.6 Å². The number of aryl methyl sites for hydroxylation is 2. The minimum Gasteiger partial charge on any atom is -0.481 e. The molecule has 0 unspecified atom stereocenters. The Kier molecular flexibility index (Phi) is 17.9. The van der Waals surface area contributed by atoms with Gasteiger partial charge in [-0.3, -0.25) is 29.5 Å². The number of ether oxygens (including phenoxy) is 2. The van der Waals surface area contributed by atoms with Crippen molar-refractivity contribution < 1.29 is 38.6 Å². The summed E-state index contributed by atoms with van der Waals surface area (Å²) in [6.07, 6.45) is 12.6. The molecular weight excluding hydrogens is 1030 g/mol. The summed E-state index contributed by atoms with van der Waals surface area (Å²) in [6, 6.07) is 13.8. The molecule has 2 aliphatic heterocycles. The molecular formula is C57H69N11O8S2. The fourth-order valence-electron chi connectivity index (χ4n) is 10.3. The summed E-state index contributed by atoms with van der Waals surface area (Å²) >= 11 is 2.99. The van der Waals surface area contributed by atoms with Gasteiger partial charge in [0.25, 0.3) is 5.91 Å². The molecule has 9 rings (SSSR count). The molecule has 3 fully saturated rings. The van der Waals surface area contributed by atoms with Crippen molar-refractivity contribution >= 4 is 79.4 Å². The molecule has 5 N–H and O–H groups in total. The van der Waals surface area contributed by atoms with Gasteiger partial charge in [-0.25, -0.2) is 24.7 Å². The van der Waals surface area contributed by atoms with Crippen molar-refractivity contribution in [3.8, 4) is 27.3 Å².